The van der Waals surface area contributed by atoms with Crippen molar-refractivity contribution in [3.63, 3.8) is 0 Å². The van der Waals surface area contributed by atoms with Gasteiger partial charge in [0.15, 0.2) is 0 Å². The van der Waals surface area contributed by atoms with Crippen molar-refractivity contribution in [2.24, 2.45) is 5.92 Å². The minimum atomic E-state index is 0.0370. The topological polar surface area (TPSA) is 57.5 Å². The highest BCUT2D eigenvalue weighted by Gasteiger charge is 2.32. The molecule has 32 heavy (non-hydrogen) atoms. The third-order valence-corrected chi connectivity index (χ3v) is 7.78. The van der Waals surface area contributed by atoms with Crippen LogP contribution in [0.3, 0.4) is 0 Å². The minimum Gasteiger partial charge on any atom is -0.368 e. The summed E-state index contributed by atoms with van der Waals surface area (Å²) >= 11 is 1.58. The lowest BCUT2D eigenvalue weighted by molar-refractivity contribution is -0.136. The molecule has 0 bridgehead atoms. The lowest BCUT2D eigenvalue weighted by Gasteiger charge is -2.40. The quantitative estimate of drug-likeness (QED) is 0.609. The third-order valence-electron chi connectivity index (χ3n) is 6.78. The van der Waals surface area contributed by atoms with E-state index in [0.29, 0.717) is 5.91 Å². The average molecular weight is 451 g/mol. The number of amides is 1. The van der Waals surface area contributed by atoms with E-state index in [9.17, 15) is 4.79 Å². The first kappa shape index (κ1) is 21.0. The lowest BCUT2D eigenvalue weighted by atomic mass is 9.96. The molecule has 0 spiro atoms. The fraction of sp³-hybridized carbons (Fsp3) is 0.458. The maximum absolute atomic E-state index is 13.3. The zero-order valence-corrected chi connectivity index (χ0v) is 19.6. The molecular formula is C24H30N6OS. The molecule has 2 aliphatic heterocycles. The number of piperazine rings is 1. The number of aromatic nitrogens is 3. The first-order valence-corrected chi connectivity index (χ1v) is 12.2. The predicted molar refractivity (Wildman–Crippen MR) is 129 cm³/mol. The molecule has 2 aromatic heterocycles. The Morgan fingerprint density at radius 1 is 0.938 bits per heavy atom. The Hall–Kier alpha value is -2.87. The normalized spacial score (nSPS) is 19.4. The maximum Gasteiger partial charge on any atom is 0.227 e. The number of hydrogen-bond donors (Lipinski definition) is 0. The predicted octanol–water partition coefficient (Wildman–Crippen LogP) is 3.51. The molecule has 0 radical (unpaired) electrons. The Labute approximate surface area is 193 Å². The molecule has 1 amide bonds. The van der Waals surface area contributed by atoms with E-state index in [1.54, 1.807) is 11.3 Å². The van der Waals surface area contributed by atoms with Crippen molar-refractivity contribution in [2.75, 3.05) is 49.1 Å². The number of aryl methyl sites for hydroxylation is 1. The Kier molecular flexibility index (Phi) is 5.87. The summed E-state index contributed by atoms with van der Waals surface area (Å²) < 4.78 is 1.98. The largest absolute Gasteiger partial charge is 0.368 e. The first-order valence-electron chi connectivity index (χ1n) is 11.4. The molecule has 0 N–H and O–H groups in total. The number of carbonyl (C=O) groups excluding carboxylic acids is 1. The summed E-state index contributed by atoms with van der Waals surface area (Å²) in [5.41, 5.74) is 3.96. The lowest BCUT2D eigenvalue weighted by Crippen LogP contribution is -2.52. The number of hydrogen-bond acceptors (Lipinski definition) is 6. The van der Waals surface area contributed by atoms with Crippen LogP contribution in [-0.4, -0.2) is 64.8 Å². The molecule has 2 fully saturated rings. The molecule has 0 saturated carbocycles. The van der Waals surface area contributed by atoms with Crippen molar-refractivity contribution in [2.45, 2.75) is 26.7 Å². The van der Waals surface area contributed by atoms with E-state index < -0.39 is 0 Å². The summed E-state index contributed by atoms with van der Waals surface area (Å²) in [4.78, 5) is 20.1. The summed E-state index contributed by atoms with van der Waals surface area (Å²) in [6.45, 7) is 9.38. The van der Waals surface area contributed by atoms with Crippen LogP contribution >= 0.6 is 11.3 Å². The Bertz CT molecular complexity index is 1070. The van der Waals surface area contributed by atoms with Gasteiger partial charge in [-0.25, -0.2) is 0 Å². The van der Waals surface area contributed by atoms with Crippen LogP contribution in [0.15, 0.2) is 42.7 Å². The van der Waals surface area contributed by atoms with E-state index in [2.05, 4.69) is 56.9 Å². The fourth-order valence-corrected chi connectivity index (χ4v) is 5.61. The van der Waals surface area contributed by atoms with Crippen LogP contribution < -0.4 is 9.80 Å². The van der Waals surface area contributed by atoms with Crippen molar-refractivity contribution in [1.82, 2.24) is 19.7 Å². The van der Waals surface area contributed by atoms with Gasteiger partial charge in [0.25, 0.3) is 0 Å². The van der Waals surface area contributed by atoms with Gasteiger partial charge in [-0.3, -0.25) is 9.36 Å². The Balaban J connectivity index is 1.20. The number of benzene rings is 1. The van der Waals surface area contributed by atoms with Gasteiger partial charge in [-0.05, 0) is 56.0 Å². The second kappa shape index (κ2) is 8.94. The average Bonchev–Trinajstić information content (AvgIpc) is 3.53. The van der Waals surface area contributed by atoms with Gasteiger partial charge in [0, 0.05) is 57.3 Å². The summed E-state index contributed by atoms with van der Waals surface area (Å²) in [6.07, 6.45) is 5.92. The van der Waals surface area contributed by atoms with Crippen molar-refractivity contribution >= 4 is 28.1 Å². The molecule has 8 heteroatoms. The summed E-state index contributed by atoms with van der Waals surface area (Å²) in [5.74, 6) is 0.334. The molecule has 4 heterocycles. The van der Waals surface area contributed by atoms with Crippen LogP contribution in [0.2, 0.25) is 0 Å². The highest BCUT2D eigenvalue weighted by molar-refractivity contribution is 7.17. The van der Waals surface area contributed by atoms with Crippen LogP contribution in [0.25, 0.3) is 5.13 Å². The molecule has 2 saturated heterocycles. The number of anilines is 2. The van der Waals surface area contributed by atoms with E-state index in [4.69, 9.17) is 0 Å². The smallest absolute Gasteiger partial charge is 0.227 e. The van der Waals surface area contributed by atoms with Crippen molar-refractivity contribution in [3.8, 4) is 5.13 Å². The van der Waals surface area contributed by atoms with Gasteiger partial charge in [0.2, 0.25) is 16.2 Å². The molecule has 3 aromatic rings. The maximum atomic E-state index is 13.3. The standard InChI is InChI=1S/C24H30N6OS/c1-18-7-5-9-21(19(18)2)27-13-15-28(16-14-27)22(31)20-8-6-12-30(17-20)24-26-25-23(32-24)29-10-3-4-11-29/h3-5,7,9-11,20H,6,8,12-17H2,1-2H3/t20-/m0/s1. The molecule has 5 rings (SSSR count). The summed E-state index contributed by atoms with van der Waals surface area (Å²) in [7, 11) is 0. The van der Waals surface area contributed by atoms with Crippen molar-refractivity contribution < 1.29 is 4.79 Å². The van der Waals surface area contributed by atoms with Gasteiger partial charge < -0.3 is 14.7 Å². The van der Waals surface area contributed by atoms with Gasteiger partial charge in [0.1, 0.15) is 0 Å². The molecule has 2 aliphatic rings. The number of carbonyl (C=O) groups is 1. The molecule has 0 aliphatic carbocycles. The SMILES string of the molecule is Cc1cccc(N2CCN(C(=O)[C@H]3CCCN(c4nnc(-n5cccc5)s4)C3)CC2)c1C. The monoisotopic (exact) mass is 450 g/mol. The van der Waals surface area contributed by atoms with Gasteiger partial charge in [-0.2, -0.15) is 0 Å². The zero-order valence-electron chi connectivity index (χ0n) is 18.8. The van der Waals surface area contributed by atoms with E-state index in [0.717, 1.165) is 62.4 Å². The Morgan fingerprint density at radius 3 is 2.47 bits per heavy atom. The zero-order chi connectivity index (χ0) is 22.1. The van der Waals surface area contributed by atoms with Gasteiger partial charge in [-0.1, -0.05) is 23.5 Å². The molecule has 0 unspecified atom stereocenters. The molecule has 1 aromatic carbocycles. The van der Waals surface area contributed by atoms with Crippen LogP contribution in [0, 0.1) is 19.8 Å². The van der Waals surface area contributed by atoms with Crippen molar-refractivity contribution in [1.29, 1.82) is 0 Å². The highest BCUT2D eigenvalue weighted by atomic mass is 32.1. The Morgan fingerprint density at radius 2 is 1.69 bits per heavy atom. The van der Waals surface area contributed by atoms with Gasteiger partial charge in [-0.15, -0.1) is 10.2 Å². The second-order valence-corrected chi connectivity index (χ2v) is 9.71. The molecule has 7 nitrogen and oxygen atoms in total. The van der Waals surface area contributed by atoms with Gasteiger partial charge >= 0.3 is 0 Å². The summed E-state index contributed by atoms with van der Waals surface area (Å²) in [5, 5.41) is 10.5. The van der Waals surface area contributed by atoms with E-state index >= 15 is 0 Å². The van der Waals surface area contributed by atoms with E-state index in [1.165, 1.54) is 16.8 Å². The first-order chi connectivity index (χ1) is 15.6. The third kappa shape index (κ3) is 4.11. The van der Waals surface area contributed by atoms with E-state index in [1.807, 2.05) is 29.1 Å². The van der Waals surface area contributed by atoms with Crippen molar-refractivity contribution in [3.05, 3.63) is 53.9 Å². The highest BCUT2D eigenvalue weighted by Crippen LogP contribution is 2.29. The van der Waals surface area contributed by atoms with Crippen LogP contribution in [-0.2, 0) is 4.79 Å². The molecule has 168 valence electrons. The van der Waals surface area contributed by atoms with Crippen LogP contribution in [0.1, 0.15) is 24.0 Å². The van der Waals surface area contributed by atoms with E-state index in [-0.39, 0.29) is 5.92 Å². The fourth-order valence-electron chi connectivity index (χ4n) is 4.76. The van der Waals surface area contributed by atoms with Crippen LogP contribution in [0.5, 0.6) is 0 Å². The number of piperidine rings is 1. The second-order valence-electron chi connectivity index (χ2n) is 8.77. The number of nitrogens with zero attached hydrogens (tertiary/aromatic N) is 6. The minimum absolute atomic E-state index is 0.0370. The van der Waals surface area contributed by atoms with Crippen LogP contribution in [0.4, 0.5) is 10.8 Å². The molecule has 1 atom stereocenters. The summed E-state index contributed by atoms with van der Waals surface area (Å²) in [6, 6.07) is 10.4. The molecular weight excluding hydrogens is 420 g/mol. The van der Waals surface area contributed by atoms with Gasteiger partial charge in [0.05, 0.1) is 5.92 Å². The number of rotatable bonds is 4.